The van der Waals surface area contributed by atoms with E-state index in [0.29, 0.717) is 0 Å². The maximum Gasteiger partial charge on any atom is 0.0810 e. The third-order valence-corrected chi connectivity index (χ3v) is 20.6. The fourth-order valence-corrected chi connectivity index (χ4v) is 16.1. The van der Waals surface area contributed by atoms with Crippen LogP contribution < -0.4 is 10.4 Å². The zero-order valence-electron chi connectivity index (χ0n) is 36.4. The Morgan fingerprint density at radius 2 is 0.519 bits per heavy atom. The lowest BCUT2D eigenvalue weighted by Crippen LogP contribution is -2.48. The van der Waals surface area contributed by atoms with Gasteiger partial charge in [-0.25, -0.2) is 0 Å². The summed E-state index contributed by atoms with van der Waals surface area (Å²) in [6, 6.07) is 8.24. The molecule has 0 fully saturated rings. The number of alkyl halides is 2. The first-order valence-corrected chi connectivity index (χ1v) is 32.2. The summed E-state index contributed by atoms with van der Waals surface area (Å²) in [4.78, 5) is 0. The van der Waals surface area contributed by atoms with Crippen molar-refractivity contribution >= 4 is 58.4 Å². The second-order valence-corrected chi connectivity index (χ2v) is 29.0. The van der Waals surface area contributed by atoms with Gasteiger partial charge in [-0.15, -0.1) is 0 Å². The normalized spacial score (nSPS) is 12.3. The van der Waals surface area contributed by atoms with Crippen molar-refractivity contribution in [2.75, 3.05) is 0 Å². The van der Waals surface area contributed by atoms with Gasteiger partial charge in [0.15, 0.2) is 0 Å². The highest BCUT2D eigenvalue weighted by Crippen LogP contribution is 2.25. The van der Waals surface area contributed by atoms with Crippen LogP contribution in [0.4, 0.5) is 0 Å². The minimum atomic E-state index is -1.48. The van der Waals surface area contributed by atoms with E-state index >= 15 is 0 Å². The summed E-state index contributed by atoms with van der Waals surface area (Å²) in [5.41, 5.74) is 3.22. The minimum absolute atomic E-state index is 1.01. The Bertz CT molecular complexity index is 867. The third-order valence-electron chi connectivity index (χ3n) is 12.4. The summed E-state index contributed by atoms with van der Waals surface area (Å²) in [6.07, 6.45) is 46.5. The van der Waals surface area contributed by atoms with E-state index in [0.717, 1.165) is 10.7 Å². The number of unbranched alkanes of at least 4 members (excludes halogenated alkanes) is 30. The lowest BCUT2D eigenvalue weighted by atomic mass is 10.0. The van der Waals surface area contributed by atoms with Crippen LogP contribution in [0.5, 0.6) is 0 Å². The smallest absolute Gasteiger partial charge is 0.0810 e. The maximum atomic E-state index is 3.95. The minimum Gasteiger partial charge on any atom is -0.0876 e. The van der Waals surface area contributed by atoms with Crippen LogP contribution >= 0.6 is 31.9 Å². The first-order valence-electron chi connectivity index (χ1n) is 23.5. The van der Waals surface area contributed by atoms with E-state index < -0.39 is 16.1 Å². The van der Waals surface area contributed by atoms with Gasteiger partial charge in [0.25, 0.3) is 0 Å². The zero-order valence-corrected chi connectivity index (χ0v) is 41.5. The zero-order chi connectivity index (χ0) is 38.2. The summed E-state index contributed by atoms with van der Waals surface area (Å²) in [5.74, 6) is 0. The van der Waals surface area contributed by atoms with E-state index in [4.69, 9.17) is 0 Å². The van der Waals surface area contributed by atoms with Crippen LogP contribution in [0.15, 0.2) is 12.1 Å². The predicted molar refractivity (Wildman–Crippen MR) is 255 cm³/mol. The molecule has 4 heteroatoms. The molecule has 0 nitrogen and oxygen atoms in total. The van der Waals surface area contributed by atoms with Crippen LogP contribution in [0.25, 0.3) is 0 Å². The lowest BCUT2D eigenvalue weighted by molar-refractivity contribution is 0.531. The standard InChI is InChI=1S/C48H92Br2Si2/c1-7-9-11-13-15-17-19-21-23-25-27-29-31-33-35-37-39-51(3,4)47-41-46(44-50)48(42-45(47)43-49)52(5,6)40-38-36-34-32-30-28-26-24-22-20-18-16-14-12-10-8-2/h41-42H,7-40,43-44H2,1-6H3. The number of hydrogen-bond acceptors (Lipinski definition) is 0. The summed E-state index contributed by atoms with van der Waals surface area (Å²) < 4.78 is 0. The van der Waals surface area contributed by atoms with E-state index in [1.807, 2.05) is 0 Å². The molecular formula is C48H92Br2Si2. The van der Waals surface area contributed by atoms with Gasteiger partial charge in [-0.05, 0) is 11.1 Å². The Hall–Kier alpha value is 0.614. The van der Waals surface area contributed by atoms with Gasteiger partial charge < -0.3 is 0 Å². The van der Waals surface area contributed by atoms with Crippen LogP contribution in [0.2, 0.25) is 38.3 Å². The van der Waals surface area contributed by atoms with Gasteiger partial charge in [0.2, 0.25) is 0 Å². The molecule has 0 saturated heterocycles. The molecule has 1 rings (SSSR count). The molecular weight excluding hydrogens is 793 g/mol. The summed E-state index contributed by atoms with van der Waals surface area (Å²) in [6.45, 7) is 15.2. The molecule has 0 spiro atoms. The summed E-state index contributed by atoms with van der Waals surface area (Å²) >= 11 is 7.90. The van der Waals surface area contributed by atoms with Crippen molar-refractivity contribution in [3.05, 3.63) is 23.3 Å². The Labute approximate surface area is 347 Å². The lowest BCUT2D eigenvalue weighted by Gasteiger charge is -2.31. The number of hydrogen-bond donors (Lipinski definition) is 0. The predicted octanol–water partition coefficient (Wildman–Crippen LogP) is 17.8. The van der Waals surface area contributed by atoms with Crippen molar-refractivity contribution in [1.82, 2.24) is 0 Å². The largest absolute Gasteiger partial charge is 0.0876 e. The molecule has 0 atom stereocenters. The average molecular weight is 885 g/mol. The van der Waals surface area contributed by atoms with Crippen LogP contribution in [0, 0.1) is 0 Å². The van der Waals surface area contributed by atoms with Crippen molar-refractivity contribution < 1.29 is 0 Å². The van der Waals surface area contributed by atoms with Gasteiger partial charge in [0.05, 0.1) is 16.1 Å². The van der Waals surface area contributed by atoms with E-state index in [1.54, 1.807) is 21.5 Å². The van der Waals surface area contributed by atoms with Crippen LogP contribution in [0.1, 0.15) is 230 Å². The molecule has 52 heavy (non-hydrogen) atoms. The molecule has 0 unspecified atom stereocenters. The molecule has 0 heterocycles. The highest BCUT2D eigenvalue weighted by atomic mass is 79.9. The second kappa shape index (κ2) is 33.7. The molecule has 306 valence electrons. The molecule has 0 radical (unpaired) electrons. The fraction of sp³-hybridized carbons (Fsp3) is 0.875. The van der Waals surface area contributed by atoms with Crippen molar-refractivity contribution in [2.24, 2.45) is 0 Å². The first kappa shape index (κ1) is 50.6. The average Bonchev–Trinajstić information content (AvgIpc) is 3.13. The molecule has 0 N–H and O–H groups in total. The molecule has 0 aliphatic heterocycles. The van der Waals surface area contributed by atoms with Gasteiger partial charge in [0.1, 0.15) is 0 Å². The molecule has 1 aromatic rings. The molecule has 0 aliphatic rings. The molecule has 0 aliphatic carbocycles. The highest BCUT2D eigenvalue weighted by Gasteiger charge is 2.31. The quantitative estimate of drug-likeness (QED) is 0.0353. The monoisotopic (exact) mass is 883 g/mol. The Morgan fingerprint density at radius 3 is 0.712 bits per heavy atom. The molecule has 1 aromatic carbocycles. The van der Waals surface area contributed by atoms with E-state index in [1.165, 1.54) is 218 Å². The van der Waals surface area contributed by atoms with Gasteiger partial charge in [-0.3, -0.25) is 0 Å². The van der Waals surface area contributed by atoms with Crippen LogP contribution in [0.3, 0.4) is 0 Å². The Kier molecular flexibility index (Phi) is 32.8. The molecule has 0 saturated carbocycles. The molecule has 0 bridgehead atoms. The van der Waals surface area contributed by atoms with Gasteiger partial charge >= 0.3 is 0 Å². The Balaban J connectivity index is 2.31. The number of benzene rings is 1. The molecule has 0 amide bonds. The van der Waals surface area contributed by atoms with Crippen molar-refractivity contribution in [3.63, 3.8) is 0 Å². The van der Waals surface area contributed by atoms with Gasteiger partial charge in [-0.1, -0.05) is 312 Å². The van der Waals surface area contributed by atoms with E-state index in [-0.39, 0.29) is 0 Å². The first-order chi connectivity index (χ1) is 25.2. The summed E-state index contributed by atoms with van der Waals surface area (Å²) in [5, 5.41) is 5.49. The van der Waals surface area contributed by atoms with Gasteiger partial charge in [-0.2, -0.15) is 0 Å². The van der Waals surface area contributed by atoms with Crippen LogP contribution in [-0.4, -0.2) is 16.1 Å². The molecule has 0 aromatic heterocycles. The van der Waals surface area contributed by atoms with E-state index in [2.05, 4.69) is 84.0 Å². The Morgan fingerprint density at radius 1 is 0.327 bits per heavy atom. The number of rotatable bonds is 38. The number of halogens is 2. The van der Waals surface area contributed by atoms with Crippen molar-refractivity contribution in [1.29, 1.82) is 0 Å². The summed E-state index contributed by atoms with van der Waals surface area (Å²) in [7, 11) is -2.96. The van der Waals surface area contributed by atoms with Crippen LogP contribution in [-0.2, 0) is 10.7 Å². The van der Waals surface area contributed by atoms with Crippen molar-refractivity contribution in [2.45, 2.75) is 268 Å². The third kappa shape index (κ3) is 25.0. The van der Waals surface area contributed by atoms with E-state index in [9.17, 15) is 0 Å². The SMILES string of the molecule is CCCCCCCCCCCCCCCCCC[Si](C)(C)c1cc(CBr)c([Si](C)(C)CCCCCCCCCCCCCCCCCC)cc1CBr. The maximum absolute atomic E-state index is 3.95. The fourth-order valence-electron chi connectivity index (χ4n) is 8.67. The van der Waals surface area contributed by atoms with Crippen molar-refractivity contribution in [3.8, 4) is 0 Å². The topological polar surface area (TPSA) is 0 Å². The van der Waals surface area contributed by atoms with Gasteiger partial charge in [0, 0.05) is 10.7 Å². The second-order valence-electron chi connectivity index (χ2n) is 18.3. The highest BCUT2D eigenvalue weighted by molar-refractivity contribution is 9.08.